The van der Waals surface area contributed by atoms with Crippen LogP contribution in [0.5, 0.6) is 0 Å². The van der Waals surface area contributed by atoms with Gasteiger partial charge in [-0.15, -0.1) is 10.2 Å². The van der Waals surface area contributed by atoms with Gasteiger partial charge >= 0.3 is 0 Å². The Morgan fingerprint density at radius 1 is 1.27 bits per heavy atom. The van der Waals surface area contributed by atoms with Crippen molar-refractivity contribution in [2.24, 2.45) is 5.41 Å². The highest BCUT2D eigenvalue weighted by Gasteiger charge is 2.38. The predicted molar refractivity (Wildman–Crippen MR) is 103 cm³/mol. The molecule has 1 aromatic carbocycles. The van der Waals surface area contributed by atoms with E-state index in [1.165, 1.54) is 11.3 Å². The Kier molecular flexibility index (Phi) is 5.09. The minimum atomic E-state index is -0.496. The number of nitrogens with zero attached hydrogens (tertiary/aromatic N) is 3. The van der Waals surface area contributed by atoms with Crippen LogP contribution in [0.1, 0.15) is 39.2 Å². The van der Waals surface area contributed by atoms with Gasteiger partial charge in [0.1, 0.15) is 11.0 Å². The summed E-state index contributed by atoms with van der Waals surface area (Å²) >= 11 is 1.34. The van der Waals surface area contributed by atoms with Crippen molar-refractivity contribution in [3.8, 4) is 10.6 Å². The zero-order valence-electron chi connectivity index (χ0n) is 15.6. The zero-order valence-corrected chi connectivity index (χ0v) is 16.4. The molecular formula is C19H24N4O2S. The number of rotatable bonds is 3. The molecule has 2 heterocycles. The number of aryl methyl sites for hydroxylation is 1. The first kappa shape index (κ1) is 18.5. The van der Waals surface area contributed by atoms with Gasteiger partial charge in [-0.25, -0.2) is 0 Å². The molecule has 1 aromatic heterocycles. The summed E-state index contributed by atoms with van der Waals surface area (Å²) in [5.41, 5.74) is 1.63. The van der Waals surface area contributed by atoms with Crippen LogP contribution in [0.25, 0.3) is 10.6 Å². The van der Waals surface area contributed by atoms with Gasteiger partial charge in [0.15, 0.2) is 0 Å². The van der Waals surface area contributed by atoms with Crippen molar-refractivity contribution in [1.29, 1.82) is 0 Å². The van der Waals surface area contributed by atoms with Crippen molar-refractivity contribution in [1.82, 2.24) is 15.1 Å². The van der Waals surface area contributed by atoms with Gasteiger partial charge < -0.3 is 4.90 Å². The highest BCUT2D eigenvalue weighted by Crippen LogP contribution is 2.29. The lowest BCUT2D eigenvalue weighted by molar-refractivity contribution is -0.143. The maximum absolute atomic E-state index is 12.7. The number of benzene rings is 1. The van der Waals surface area contributed by atoms with Crippen LogP contribution in [0.4, 0.5) is 5.13 Å². The lowest BCUT2D eigenvalue weighted by Gasteiger charge is -2.29. The first-order valence-electron chi connectivity index (χ1n) is 8.78. The molecule has 0 saturated carbocycles. The van der Waals surface area contributed by atoms with E-state index in [1.807, 2.05) is 52.0 Å². The van der Waals surface area contributed by atoms with Crippen molar-refractivity contribution >= 4 is 28.3 Å². The fourth-order valence-corrected chi connectivity index (χ4v) is 3.81. The predicted octanol–water partition coefficient (Wildman–Crippen LogP) is 3.49. The van der Waals surface area contributed by atoms with E-state index in [9.17, 15) is 9.59 Å². The third-order valence-corrected chi connectivity index (χ3v) is 5.27. The molecule has 3 rings (SSSR count). The molecular weight excluding hydrogens is 348 g/mol. The van der Waals surface area contributed by atoms with E-state index in [0.29, 0.717) is 18.1 Å². The number of amides is 2. The topological polar surface area (TPSA) is 75.2 Å². The minimum Gasteiger partial charge on any atom is -0.330 e. The average Bonchev–Trinajstić information content (AvgIpc) is 3.22. The molecule has 2 amide bonds. The number of anilines is 1. The van der Waals surface area contributed by atoms with E-state index in [0.717, 1.165) is 22.6 Å². The Hall–Kier alpha value is -2.28. The maximum Gasteiger partial charge on any atom is 0.249 e. The molecule has 138 valence electrons. The lowest BCUT2D eigenvalue weighted by atomic mass is 9.94. The Balaban J connectivity index is 1.71. The summed E-state index contributed by atoms with van der Waals surface area (Å²) in [7, 11) is 0. The van der Waals surface area contributed by atoms with Crippen molar-refractivity contribution in [2.75, 3.05) is 11.9 Å². The van der Waals surface area contributed by atoms with Gasteiger partial charge in [-0.3, -0.25) is 14.9 Å². The first-order valence-corrected chi connectivity index (χ1v) is 9.60. The smallest absolute Gasteiger partial charge is 0.249 e. The Morgan fingerprint density at radius 2 is 2.04 bits per heavy atom. The Bertz CT molecular complexity index is 825. The number of likely N-dealkylation sites (tertiary alicyclic amines) is 1. The van der Waals surface area contributed by atoms with E-state index in [1.54, 1.807) is 4.90 Å². The molecule has 1 unspecified atom stereocenters. The number of carbonyl (C=O) groups is 2. The van der Waals surface area contributed by atoms with Crippen LogP contribution in [-0.2, 0) is 9.59 Å². The van der Waals surface area contributed by atoms with Crippen LogP contribution in [0, 0.1) is 12.3 Å². The van der Waals surface area contributed by atoms with Crippen molar-refractivity contribution in [3.63, 3.8) is 0 Å². The quantitative estimate of drug-likeness (QED) is 0.895. The summed E-state index contributed by atoms with van der Waals surface area (Å²) in [5.74, 6) is -0.181. The Morgan fingerprint density at radius 3 is 2.73 bits per heavy atom. The number of carbonyl (C=O) groups excluding carboxylic acids is 2. The SMILES string of the molecule is Cc1cccc(-c2nnc(NC(=O)C3CCCN3C(=O)C(C)(C)C)s2)c1. The molecule has 1 saturated heterocycles. The van der Waals surface area contributed by atoms with Gasteiger partial charge in [0.25, 0.3) is 0 Å². The summed E-state index contributed by atoms with van der Waals surface area (Å²) in [6, 6.07) is 7.56. The largest absolute Gasteiger partial charge is 0.330 e. The highest BCUT2D eigenvalue weighted by atomic mass is 32.1. The normalized spacial score (nSPS) is 17.4. The second kappa shape index (κ2) is 7.15. The number of hydrogen-bond acceptors (Lipinski definition) is 5. The molecule has 0 aliphatic carbocycles. The summed E-state index contributed by atoms with van der Waals surface area (Å²) in [6.45, 7) is 8.28. The summed E-state index contributed by atoms with van der Waals surface area (Å²) < 4.78 is 0. The average molecular weight is 372 g/mol. The molecule has 2 aromatic rings. The number of hydrogen-bond donors (Lipinski definition) is 1. The Labute approximate surface area is 157 Å². The molecule has 6 nitrogen and oxygen atoms in total. The van der Waals surface area contributed by atoms with E-state index in [2.05, 4.69) is 15.5 Å². The summed E-state index contributed by atoms with van der Waals surface area (Å²) in [5, 5.41) is 12.3. The van der Waals surface area contributed by atoms with Gasteiger partial charge in [0.05, 0.1) is 0 Å². The second-order valence-electron chi connectivity index (χ2n) is 7.68. The van der Waals surface area contributed by atoms with Crippen LogP contribution in [0.3, 0.4) is 0 Å². The van der Waals surface area contributed by atoms with E-state index in [-0.39, 0.29) is 11.8 Å². The first-order chi connectivity index (χ1) is 12.3. The maximum atomic E-state index is 12.7. The fraction of sp³-hybridized carbons (Fsp3) is 0.474. The van der Waals surface area contributed by atoms with Crippen molar-refractivity contribution < 1.29 is 9.59 Å². The number of nitrogens with one attached hydrogen (secondary N) is 1. The minimum absolute atomic E-state index is 0.00728. The molecule has 0 bridgehead atoms. The zero-order chi connectivity index (χ0) is 18.9. The van der Waals surface area contributed by atoms with E-state index < -0.39 is 11.5 Å². The molecule has 26 heavy (non-hydrogen) atoms. The van der Waals surface area contributed by atoms with Crippen molar-refractivity contribution in [2.45, 2.75) is 46.6 Å². The third-order valence-electron chi connectivity index (χ3n) is 4.38. The fourth-order valence-electron chi connectivity index (χ4n) is 3.07. The number of aromatic nitrogens is 2. The standard InChI is InChI=1S/C19H24N4O2S/c1-12-7-5-8-13(11-12)16-21-22-18(26-16)20-15(24)14-9-6-10-23(14)17(25)19(2,3)4/h5,7-8,11,14H,6,9-10H2,1-4H3,(H,20,22,24). The van der Waals surface area contributed by atoms with Gasteiger partial charge in [-0.2, -0.15) is 0 Å². The van der Waals surface area contributed by atoms with E-state index >= 15 is 0 Å². The van der Waals surface area contributed by atoms with Crippen LogP contribution >= 0.6 is 11.3 Å². The summed E-state index contributed by atoms with van der Waals surface area (Å²) in [6.07, 6.45) is 1.52. The molecule has 0 spiro atoms. The second-order valence-corrected chi connectivity index (χ2v) is 8.66. The van der Waals surface area contributed by atoms with Gasteiger partial charge in [-0.1, -0.05) is 55.9 Å². The van der Waals surface area contributed by atoms with Crippen molar-refractivity contribution in [3.05, 3.63) is 29.8 Å². The van der Waals surface area contributed by atoms with Crippen LogP contribution < -0.4 is 5.32 Å². The van der Waals surface area contributed by atoms with Crippen LogP contribution in [0.15, 0.2) is 24.3 Å². The monoisotopic (exact) mass is 372 g/mol. The molecule has 1 atom stereocenters. The van der Waals surface area contributed by atoms with Crippen LogP contribution in [-0.4, -0.2) is 39.5 Å². The molecule has 0 radical (unpaired) electrons. The lowest BCUT2D eigenvalue weighted by Crippen LogP contribution is -2.47. The van der Waals surface area contributed by atoms with E-state index in [4.69, 9.17) is 0 Å². The molecule has 1 aliphatic rings. The third kappa shape index (κ3) is 3.93. The van der Waals surface area contributed by atoms with Crippen LogP contribution in [0.2, 0.25) is 0 Å². The molecule has 1 fully saturated rings. The van der Waals surface area contributed by atoms with Gasteiger partial charge in [0, 0.05) is 17.5 Å². The summed E-state index contributed by atoms with van der Waals surface area (Å²) in [4.78, 5) is 27.0. The highest BCUT2D eigenvalue weighted by molar-refractivity contribution is 7.18. The van der Waals surface area contributed by atoms with Gasteiger partial charge in [-0.05, 0) is 25.8 Å². The molecule has 1 aliphatic heterocycles. The molecule has 1 N–H and O–H groups in total. The van der Waals surface area contributed by atoms with Gasteiger partial charge in [0.2, 0.25) is 16.9 Å². The molecule has 7 heteroatoms.